The van der Waals surface area contributed by atoms with Gasteiger partial charge in [-0.25, -0.2) is 0 Å². The van der Waals surface area contributed by atoms with Gasteiger partial charge in [0.25, 0.3) is 5.69 Å². The van der Waals surface area contributed by atoms with Crippen LogP contribution in [0.25, 0.3) is 0 Å². The highest BCUT2D eigenvalue weighted by atomic mass is 16.6. The summed E-state index contributed by atoms with van der Waals surface area (Å²) in [6.45, 7) is 5.85. The molecule has 0 aliphatic carbocycles. The number of nitro benzene ring substituents is 1. The van der Waals surface area contributed by atoms with E-state index in [9.17, 15) is 10.1 Å². The molecule has 1 atom stereocenters. The molecule has 0 bridgehead atoms. The van der Waals surface area contributed by atoms with Crippen LogP contribution in [-0.2, 0) is 0 Å². The van der Waals surface area contributed by atoms with Crippen LogP contribution in [0.3, 0.4) is 0 Å². The second kappa shape index (κ2) is 4.61. The van der Waals surface area contributed by atoms with Crippen LogP contribution in [0, 0.1) is 10.1 Å². The Hall–Kier alpha value is -1.78. The predicted octanol–water partition coefficient (Wildman–Crippen LogP) is 2.59. The third-order valence-corrected chi connectivity index (χ3v) is 3.05. The third-order valence-electron chi connectivity index (χ3n) is 3.05. The Balaban J connectivity index is 2.38. The van der Waals surface area contributed by atoms with E-state index in [-0.39, 0.29) is 11.8 Å². The average Bonchev–Trinajstić information content (AvgIpc) is 2.36. The fourth-order valence-electron chi connectivity index (χ4n) is 2.04. The van der Waals surface area contributed by atoms with Crippen LogP contribution in [0.4, 0.5) is 11.4 Å². The lowest BCUT2D eigenvalue weighted by Gasteiger charge is -2.35. The summed E-state index contributed by atoms with van der Waals surface area (Å²) in [6.07, 6.45) is 1.02. The molecule has 0 fully saturated rings. The highest BCUT2D eigenvalue weighted by Crippen LogP contribution is 2.36. The molecule has 1 aromatic rings. The first-order valence-electron chi connectivity index (χ1n) is 5.85. The smallest absolute Gasteiger partial charge is 0.273 e. The molecule has 2 rings (SSSR count). The van der Waals surface area contributed by atoms with Gasteiger partial charge >= 0.3 is 0 Å². The molecule has 5 nitrogen and oxygen atoms in total. The van der Waals surface area contributed by atoms with E-state index in [2.05, 4.69) is 18.7 Å². The Bertz CT molecular complexity index is 434. The quantitative estimate of drug-likeness (QED) is 0.598. The van der Waals surface area contributed by atoms with Crippen molar-refractivity contribution < 1.29 is 9.66 Å². The van der Waals surface area contributed by atoms with Crippen molar-refractivity contribution in [1.82, 2.24) is 0 Å². The summed E-state index contributed by atoms with van der Waals surface area (Å²) in [5.74, 6) is 0.624. The van der Waals surface area contributed by atoms with Crippen LogP contribution >= 0.6 is 0 Å². The van der Waals surface area contributed by atoms with Crippen LogP contribution in [0.1, 0.15) is 20.3 Å². The minimum absolute atomic E-state index is 0.0801. The largest absolute Gasteiger partial charge is 0.486 e. The summed E-state index contributed by atoms with van der Waals surface area (Å²) in [5, 5.41) is 10.7. The second-order valence-electron chi connectivity index (χ2n) is 4.10. The van der Waals surface area contributed by atoms with Gasteiger partial charge in [0.2, 0.25) is 0 Å². The van der Waals surface area contributed by atoms with E-state index in [0.29, 0.717) is 5.75 Å². The van der Waals surface area contributed by atoms with Gasteiger partial charge in [-0.15, -0.1) is 0 Å². The molecule has 0 spiro atoms. The maximum atomic E-state index is 10.7. The lowest BCUT2D eigenvalue weighted by atomic mass is 10.1. The van der Waals surface area contributed by atoms with Gasteiger partial charge in [-0.1, -0.05) is 6.92 Å². The molecular formula is C12H16N2O3. The van der Waals surface area contributed by atoms with E-state index in [4.69, 9.17) is 4.74 Å². The first-order chi connectivity index (χ1) is 8.15. The zero-order chi connectivity index (χ0) is 12.4. The van der Waals surface area contributed by atoms with Crippen LogP contribution < -0.4 is 9.64 Å². The molecule has 1 heterocycles. The molecule has 0 saturated carbocycles. The monoisotopic (exact) mass is 236 g/mol. The molecule has 1 aliphatic heterocycles. The van der Waals surface area contributed by atoms with Crippen LogP contribution in [0.2, 0.25) is 0 Å². The minimum atomic E-state index is -0.393. The minimum Gasteiger partial charge on any atom is -0.486 e. The maximum absolute atomic E-state index is 10.7. The zero-order valence-corrected chi connectivity index (χ0v) is 10.0. The van der Waals surface area contributed by atoms with E-state index in [1.165, 1.54) is 12.1 Å². The summed E-state index contributed by atoms with van der Waals surface area (Å²) in [4.78, 5) is 12.5. The first kappa shape index (κ1) is 11.7. The summed E-state index contributed by atoms with van der Waals surface area (Å²) < 4.78 is 5.76. The molecule has 1 aromatic carbocycles. The number of nitrogens with zero attached hydrogens (tertiary/aromatic N) is 2. The van der Waals surface area contributed by atoms with E-state index in [0.717, 1.165) is 25.2 Å². The lowest BCUT2D eigenvalue weighted by Crippen LogP contribution is -2.39. The fraction of sp³-hybridized carbons (Fsp3) is 0.500. The third kappa shape index (κ3) is 2.18. The number of ether oxygens (including phenoxy) is 1. The molecule has 5 heteroatoms. The van der Waals surface area contributed by atoms with Crippen molar-refractivity contribution in [2.75, 3.05) is 18.0 Å². The lowest BCUT2D eigenvalue weighted by molar-refractivity contribution is -0.384. The summed E-state index contributed by atoms with van der Waals surface area (Å²) >= 11 is 0. The molecule has 17 heavy (non-hydrogen) atoms. The topological polar surface area (TPSA) is 55.6 Å². The summed E-state index contributed by atoms with van der Waals surface area (Å²) in [7, 11) is 0. The number of rotatable bonds is 3. The Morgan fingerprint density at radius 2 is 2.29 bits per heavy atom. The zero-order valence-electron chi connectivity index (χ0n) is 10.0. The number of anilines is 1. The fourth-order valence-corrected chi connectivity index (χ4v) is 2.04. The van der Waals surface area contributed by atoms with Crippen molar-refractivity contribution in [2.45, 2.75) is 26.4 Å². The second-order valence-corrected chi connectivity index (χ2v) is 4.10. The molecule has 1 unspecified atom stereocenters. The highest BCUT2D eigenvalue weighted by Gasteiger charge is 2.25. The predicted molar refractivity (Wildman–Crippen MR) is 65.7 cm³/mol. The van der Waals surface area contributed by atoms with E-state index >= 15 is 0 Å². The molecule has 92 valence electrons. The molecule has 0 amide bonds. The van der Waals surface area contributed by atoms with Gasteiger partial charge in [0.15, 0.2) is 0 Å². The van der Waals surface area contributed by atoms with Crippen LogP contribution in [0.5, 0.6) is 5.75 Å². The normalized spacial score (nSPS) is 18.5. The van der Waals surface area contributed by atoms with Crippen molar-refractivity contribution in [3.63, 3.8) is 0 Å². The average molecular weight is 236 g/mol. The number of nitro groups is 1. The number of non-ortho nitro benzene ring substituents is 1. The molecule has 1 aliphatic rings. The van der Waals surface area contributed by atoms with Gasteiger partial charge in [-0.3, -0.25) is 10.1 Å². The number of hydrogen-bond donors (Lipinski definition) is 0. The van der Waals surface area contributed by atoms with Gasteiger partial charge in [0, 0.05) is 12.6 Å². The van der Waals surface area contributed by atoms with E-state index in [1.54, 1.807) is 6.07 Å². The van der Waals surface area contributed by atoms with Crippen molar-refractivity contribution in [2.24, 2.45) is 0 Å². The Morgan fingerprint density at radius 1 is 1.53 bits per heavy atom. The summed E-state index contributed by atoms with van der Waals surface area (Å²) in [5.41, 5.74) is 1.03. The molecule has 0 saturated heterocycles. The van der Waals surface area contributed by atoms with Crippen molar-refractivity contribution in [3.05, 3.63) is 28.3 Å². The van der Waals surface area contributed by atoms with Crippen LogP contribution in [0.15, 0.2) is 18.2 Å². The van der Waals surface area contributed by atoms with E-state index < -0.39 is 4.92 Å². The van der Waals surface area contributed by atoms with Gasteiger partial charge in [0.1, 0.15) is 11.9 Å². The number of benzene rings is 1. The first-order valence-corrected chi connectivity index (χ1v) is 5.85. The molecule has 0 radical (unpaired) electrons. The van der Waals surface area contributed by atoms with Gasteiger partial charge < -0.3 is 9.64 Å². The molecule has 0 N–H and O–H groups in total. The van der Waals surface area contributed by atoms with Gasteiger partial charge in [-0.05, 0) is 19.4 Å². The van der Waals surface area contributed by atoms with Gasteiger partial charge in [0.05, 0.1) is 23.2 Å². The van der Waals surface area contributed by atoms with Crippen molar-refractivity contribution in [1.29, 1.82) is 0 Å². The van der Waals surface area contributed by atoms with Crippen LogP contribution in [-0.4, -0.2) is 24.1 Å². The molecule has 0 aromatic heterocycles. The highest BCUT2D eigenvalue weighted by molar-refractivity contribution is 5.63. The Labute approximate surface area is 100 Å². The van der Waals surface area contributed by atoms with Crippen molar-refractivity contribution in [3.8, 4) is 5.75 Å². The summed E-state index contributed by atoms with van der Waals surface area (Å²) in [6, 6.07) is 4.81. The maximum Gasteiger partial charge on any atom is 0.273 e. The number of fused-ring (bicyclic) bond motifs is 1. The number of likely N-dealkylation sites (N-methyl/N-ethyl adjacent to an activating group) is 1. The Kier molecular flexibility index (Phi) is 3.17. The SMILES string of the molecule is CCC1CN(CC)c2ccc([N+](=O)[O-])cc2O1. The standard InChI is InChI=1S/C12H16N2O3/c1-3-10-8-13(4-2)11-6-5-9(14(15)16)7-12(11)17-10/h5-7,10H,3-4,8H2,1-2H3. The molecular weight excluding hydrogens is 220 g/mol. The van der Waals surface area contributed by atoms with E-state index in [1.807, 2.05) is 0 Å². The van der Waals surface area contributed by atoms with Gasteiger partial charge in [-0.2, -0.15) is 0 Å². The number of hydrogen-bond acceptors (Lipinski definition) is 4. The Morgan fingerprint density at radius 3 is 2.88 bits per heavy atom. The van der Waals surface area contributed by atoms with Crippen molar-refractivity contribution >= 4 is 11.4 Å².